The Morgan fingerprint density at radius 3 is 3.09 bits per heavy atom. The summed E-state index contributed by atoms with van der Waals surface area (Å²) in [6, 6.07) is 4.06. The number of carbonyl (C=O) groups is 1. The molecule has 0 radical (unpaired) electrons. The number of aromatic nitrogens is 2. The third kappa shape index (κ3) is 2.80. The second-order valence-electron chi connectivity index (χ2n) is 5.96. The van der Waals surface area contributed by atoms with E-state index in [1.54, 1.807) is 7.11 Å². The molecule has 0 bridgehead atoms. The summed E-state index contributed by atoms with van der Waals surface area (Å²) in [6.07, 6.45) is 6.78. The molecule has 5 nitrogen and oxygen atoms in total. The highest BCUT2D eigenvalue weighted by Crippen LogP contribution is 2.38. The van der Waals surface area contributed by atoms with E-state index in [1.807, 2.05) is 25.3 Å². The Morgan fingerprint density at radius 1 is 1.45 bits per heavy atom. The van der Waals surface area contributed by atoms with Crippen LogP contribution in [0.4, 0.5) is 0 Å². The summed E-state index contributed by atoms with van der Waals surface area (Å²) in [4.78, 5) is 19.8. The van der Waals surface area contributed by atoms with Gasteiger partial charge in [0.2, 0.25) is 11.8 Å². The van der Waals surface area contributed by atoms with Crippen molar-refractivity contribution in [1.29, 1.82) is 0 Å². The summed E-state index contributed by atoms with van der Waals surface area (Å²) >= 11 is 0. The van der Waals surface area contributed by atoms with E-state index in [2.05, 4.69) is 15.3 Å². The molecular weight excluding hydrogens is 278 g/mol. The minimum atomic E-state index is 0.157. The molecule has 5 heteroatoms. The van der Waals surface area contributed by atoms with E-state index in [0.717, 1.165) is 36.7 Å². The number of aromatic amines is 1. The summed E-state index contributed by atoms with van der Waals surface area (Å²) in [6.45, 7) is 2.03. The summed E-state index contributed by atoms with van der Waals surface area (Å²) in [7, 11) is 1.63. The minimum absolute atomic E-state index is 0.157. The van der Waals surface area contributed by atoms with E-state index in [4.69, 9.17) is 4.74 Å². The molecule has 2 unspecified atom stereocenters. The molecule has 22 heavy (non-hydrogen) atoms. The van der Waals surface area contributed by atoms with Crippen LogP contribution in [0.2, 0.25) is 0 Å². The van der Waals surface area contributed by atoms with Crippen molar-refractivity contribution < 1.29 is 9.53 Å². The first-order valence-corrected chi connectivity index (χ1v) is 8.04. The number of methoxy groups -OCH3 is 1. The van der Waals surface area contributed by atoms with Crippen LogP contribution in [0, 0.1) is 0 Å². The van der Waals surface area contributed by atoms with Gasteiger partial charge in [0, 0.05) is 36.2 Å². The molecule has 2 N–H and O–H groups in total. The van der Waals surface area contributed by atoms with Crippen molar-refractivity contribution in [2.45, 2.75) is 51.0 Å². The molecular formula is C17H23N3O2. The molecule has 0 saturated heterocycles. The third-order valence-corrected chi connectivity index (χ3v) is 4.47. The zero-order valence-corrected chi connectivity index (χ0v) is 13.2. The first-order valence-electron chi connectivity index (χ1n) is 8.04. The molecule has 0 spiro atoms. The number of pyridine rings is 1. The van der Waals surface area contributed by atoms with Crippen molar-refractivity contribution >= 4 is 16.9 Å². The standard InChI is InChI=1S/C17H23N3O2/c1-3-5-15(21)19-13-7-4-6-11(13)12-10-18-14-8-9-16(22-2)20-17(12)14/h8-11,13,18H,3-7H2,1-2H3,(H,19,21). The van der Waals surface area contributed by atoms with Crippen LogP contribution in [0.1, 0.15) is 50.5 Å². The maximum absolute atomic E-state index is 11.9. The highest BCUT2D eigenvalue weighted by molar-refractivity contribution is 5.81. The normalized spacial score (nSPS) is 21.2. The summed E-state index contributed by atoms with van der Waals surface area (Å²) in [5, 5.41) is 3.20. The average molecular weight is 301 g/mol. The van der Waals surface area contributed by atoms with Crippen LogP contribution >= 0.6 is 0 Å². The lowest BCUT2D eigenvalue weighted by Crippen LogP contribution is -2.36. The van der Waals surface area contributed by atoms with Crippen molar-refractivity contribution in [3.63, 3.8) is 0 Å². The number of fused-ring (bicyclic) bond motifs is 1. The highest BCUT2D eigenvalue weighted by atomic mass is 16.5. The molecule has 1 fully saturated rings. The van der Waals surface area contributed by atoms with Crippen LogP contribution in [-0.2, 0) is 4.79 Å². The van der Waals surface area contributed by atoms with Gasteiger partial charge in [-0.25, -0.2) is 4.98 Å². The lowest BCUT2D eigenvalue weighted by molar-refractivity contribution is -0.121. The predicted molar refractivity (Wildman–Crippen MR) is 86.1 cm³/mol. The van der Waals surface area contributed by atoms with E-state index in [0.29, 0.717) is 18.2 Å². The van der Waals surface area contributed by atoms with Crippen LogP contribution in [0.5, 0.6) is 5.88 Å². The number of rotatable bonds is 5. The van der Waals surface area contributed by atoms with Crippen molar-refractivity contribution in [3.8, 4) is 5.88 Å². The van der Waals surface area contributed by atoms with E-state index < -0.39 is 0 Å². The SMILES string of the molecule is CCCC(=O)NC1CCCC1c1c[nH]c2ccc(OC)nc12. The fraction of sp³-hybridized carbons (Fsp3) is 0.529. The van der Waals surface area contributed by atoms with Gasteiger partial charge in [0.1, 0.15) is 0 Å². The molecule has 1 aliphatic carbocycles. The number of hydrogen-bond donors (Lipinski definition) is 2. The van der Waals surface area contributed by atoms with E-state index >= 15 is 0 Å². The van der Waals surface area contributed by atoms with E-state index in [1.165, 1.54) is 5.56 Å². The maximum Gasteiger partial charge on any atom is 0.220 e. The Labute approximate surface area is 130 Å². The number of ether oxygens (including phenoxy) is 1. The maximum atomic E-state index is 11.9. The largest absolute Gasteiger partial charge is 0.481 e. The number of nitrogens with one attached hydrogen (secondary N) is 2. The molecule has 1 saturated carbocycles. The van der Waals surface area contributed by atoms with Gasteiger partial charge in [-0.05, 0) is 25.3 Å². The molecule has 3 rings (SSSR count). The average Bonchev–Trinajstić information content (AvgIpc) is 3.12. The molecule has 2 aromatic heterocycles. The smallest absolute Gasteiger partial charge is 0.220 e. The molecule has 0 aliphatic heterocycles. The van der Waals surface area contributed by atoms with Gasteiger partial charge in [0.05, 0.1) is 18.1 Å². The zero-order chi connectivity index (χ0) is 15.5. The molecule has 2 heterocycles. The van der Waals surface area contributed by atoms with Gasteiger partial charge in [0.25, 0.3) is 0 Å². The van der Waals surface area contributed by atoms with Crippen LogP contribution in [0.15, 0.2) is 18.3 Å². The first-order chi connectivity index (χ1) is 10.7. The number of H-pyrrole nitrogens is 1. The Morgan fingerprint density at radius 2 is 2.32 bits per heavy atom. The quantitative estimate of drug-likeness (QED) is 0.891. The van der Waals surface area contributed by atoms with Gasteiger partial charge in [-0.2, -0.15) is 0 Å². The topological polar surface area (TPSA) is 67.0 Å². The van der Waals surface area contributed by atoms with Crippen molar-refractivity contribution in [2.75, 3.05) is 7.11 Å². The Bertz CT molecular complexity index is 665. The second kappa shape index (κ2) is 6.38. The number of carbonyl (C=O) groups excluding carboxylic acids is 1. The molecule has 1 amide bonds. The Hall–Kier alpha value is -2.04. The van der Waals surface area contributed by atoms with E-state index in [9.17, 15) is 4.79 Å². The molecule has 1 aliphatic rings. The number of nitrogens with zero attached hydrogens (tertiary/aromatic N) is 1. The lowest BCUT2D eigenvalue weighted by atomic mass is 9.95. The minimum Gasteiger partial charge on any atom is -0.481 e. The summed E-state index contributed by atoms with van der Waals surface area (Å²) < 4.78 is 5.24. The first kappa shape index (κ1) is 14.9. The number of amides is 1. The van der Waals surface area contributed by atoms with Gasteiger partial charge in [0.15, 0.2) is 0 Å². The van der Waals surface area contributed by atoms with Gasteiger partial charge in [-0.3, -0.25) is 4.79 Å². The number of hydrogen-bond acceptors (Lipinski definition) is 3. The molecule has 118 valence electrons. The molecule has 0 aromatic carbocycles. The molecule has 2 atom stereocenters. The van der Waals surface area contributed by atoms with Gasteiger partial charge >= 0.3 is 0 Å². The van der Waals surface area contributed by atoms with Gasteiger partial charge in [-0.1, -0.05) is 13.3 Å². The van der Waals surface area contributed by atoms with Crippen LogP contribution < -0.4 is 10.1 Å². The summed E-state index contributed by atoms with van der Waals surface area (Å²) in [5.41, 5.74) is 3.16. The Balaban J connectivity index is 1.87. The summed E-state index contributed by atoms with van der Waals surface area (Å²) in [5.74, 6) is 1.11. The second-order valence-corrected chi connectivity index (χ2v) is 5.96. The van der Waals surface area contributed by atoms with Crippen molar-refractivity contribution in [2.24, 2.45) is 0 Å². The fourth-order valence-electron chi connectivity index (χ4n) is 3.41. The monoisotopic (exact) mass is 301 g/mol. The van der Waals surface area contributed by atoms with E-state index in [-0.39, 0.29) is 11.9 Å². The fourth-order valence-corrected chi connectivity index (χ4v) is 3.41. The van der Waals surface area contributed by atoms with Gasteiger partial charge < -0.3 is 15.0 Å². The van der Waals surface area contributed by atoms with Crippen LogP contribution in [0.25, 0.3) is 11.0 Å². The van der Waals surface area contributed by atoms with Crippen molar-refractivity contribution in [1.82, 2.24) is 15.3 Å². The lowest BCUT2D eigenvalue weighted by Gasteiger charge is -2.20. The van der Waals surface area contributed by atoms with Crippen LogP contribution in [-0.4, -0.2) is 29.0 Å². The highest BCUT2D eigenvalue weighted by Gasteiger charge is 2.31. The predicted octanol–water partition coefficient (Wildman–Crippen LogP) is 3.12. The Kier molecular flexibility index (Phi) is 4.32. The van der Waals surface area contributed by atoms with Crippen molar-refractivity contribution in [3.05, 3.63) is 23.9 Å². The third-order valence-electron chi connectivity index (χ3n) is 4.47. The molecule has 2 aromatic rings. The van der Waals surface area contributed by atoms with Gasteiger partial charge in [-0.15, -0.1) is 0 Å². The van der Waals surface area contributed by atoms with Crippen LogP contribution in [0.3, 0.4) is 0 Å². The zero-order valence-electron chi connectivity index (χ0n) is 13.2.